The van der Waals surface area contributed by atoms with E-state index < -0.39 is 120 Å². The molecule has 0 radical (unpaired) electrons. The lowest BCUT2D eigenvalue weighted by molar-refractivity contribution is -0.192. The van der Waals surface area contributed by atoms with Gasteiger partial charge in [-0.1, -0.05) is 73.6 Å². The van der Waals surface area contributed by atoms with Crippen LogP contribution in [0.3, 0.4) is 0 Å². The molecule has 4 amide bonds. The summed E-state index contributed by atoms with van der Waals surface area (Å²) in [6.07, 6.45) is 0.0703. The topological polar surface area (TPSA) is 308 Å². The number of nitrogens with zero attached hydrogens (tertiary/aromatic N) is 2. The molecule has 2 aliphatic rings. The first-order valence-corrected chi connectivity index (χ1v) is 26.6. The fraction of sp³-hybridized carbons (Fsp3) is 0.638. The van der Waals surface area contributed by atoms with Crippen molar-refractivity contribution in [3.8, 4) is 6.07 Å². The van der Waals surface area contributed by atoms with Gasteiger partial charge in [0, 0.05) is 75.4 Å². The molecule has 2 fully saturated rings. The van der Waals surface area contributed by atoms with Gasteiger partial charge in [0.2, 0.25) is 11.8 Å². The average Bonchev–Trinajstić information content (AvgIpc) is 3.84. The normalized spacial score (nSPS) is 18.9. The number of methoxy groups -OCH3 is 2. The van der Waals surface area contributed by atoms with Crippen molar-refractivity contribution in [2.45, 2.75) is 203 Å². The number of hydrogen-bond donors (Lipinski definition) is 3. The summed E-state index contributed by atoms with van der Waals surface area (Å²) in [6.45, 7) is 15.5. The molecule has 23 nitrogen and oxygen atoms in total. The predicted octanol–water partition coefficient (Wildman–Crippen LogP) is 5.56. The number of nitriles is 1. The molecule has 2 saturated heterocycles. The highest BCUT2D eigenvalue weighted by Gasteiger charge is 2.47. The maximum absolute atomic E-state index is 14.2. The van der Waals surface area contributed by atoms with Crippen LogP contribution in [-0.4, -0.2) is 153 Å². The quantitative estimate of drug-likeness (QED) is 0.0580. The number of benzene rings is 1. The Balaban J connectivity index is 0.00000161. The highest BCUT2D eigenvalue weighted by Crippen LogP contribution is 2.25. The van der Waals surface area contributed by atoms with Crippen LogP contribution in [0, 0.1) is 29.0 Å². The zero-order chi connectivity index (χ0) is 60.2. The summed E-state index contributed by atoms with van der Waals surface area (Å²) in [5.41, 5.74) is 0.361. The van der Waals surface area contributed by atoms with Crippen LogP contribution in [0.25, 0.3) is 0 Å². The number of esters is 6. The van der Waals surface area contributed by atoms with Crippen LogP contribution in [0.1, 0.15) is 147 Å². The van der Waals surface area contributed by atoms with Crippen molar-refractivity contribution in [3.63, 3.8) is 0 Å². The summed E-state index contributed by atoms with van der Waals surface area (Å²) in [5, 5.41) is 17.0. The van der Waals surface area contributed by atoms with E-state index in [0.29, 0.717) is 44.3 Å². The smallest absolute Gasteiger partial charge is 0.303 e. The van der Waals surface area contributed by atoms with E-state index in [-0.39, 0.29) is 44.7 Å². The zero-order valence-corrected chi connectivity index (χ0v) is 47.9. The second kappa shape index (κ2) is 38.4. The first kappa shape index (κ1) is 74.7. The SMILES string of the molecule is C.C.CCC(C)/C=C/[C@@H](OC(C)=O)[C@H](OC(C)=O)[C@@H](OC(C)=O)[C@@H](OC)C(=O)N[C@H]1CCCCN(Cc2ccc(C#N)c(F)c2)C1=O.CCC(C)/C=C/[C@@H](OC(C)=O)[C@H](OC(C)=O)[C@@H](OC(C)=O)[C@@H](OC)C(=O)N[C@H]1CCCCNC1=O. The lowest BCUT2D eigenvalue weighted by Crippen LogP contribution is -2.58. The van der Waals surface area contributed by atoms with E-state index in [1.54, 1.807) is 24.3 Å². The van der Waals surface area contributed by atoms with Crippen LogP contribution in [0.5, 0.6) is 0 Å². The second-order valence-electron chi connectivity index (χ2n) is 19.4. The third kappa shape index (κ3) is 25.7. The highest BCUT2D eigenvalue weighted by atomic mass is 19.1. The van der Waals surface area contributed by atoms with Crippen LogP contribution in [-0.2, 0) is 92.4 Å². The van der Waals surface area contributed by atoms with Gasteiger partial charge >= 0.3 is 35.8 Å². The standard InChI is InChI=1S/C32H42FN3O9.C24H38N2O9.2CH4/c1-7-19(2)11-14-27(43-20(3)37)28(44-21(4)38)29(45-22(5)39)30(42-6)31(40)35-26-10-8-9-15-36(32(26)41)18-23-12-13-24(17-34)25(33)16-23;1-7-14(2)11-12-19(33-15(3)27)20(34-16(4)28)21(35-17(5)29)22(32-6)24(31)26-18-10-8-9-13-25-23(18)30;;/h11-14,16,19,26-30H,7-10,15,18H2,1-6H3,(H,35,40);11-12,14,18-22H,7-10,13H2,1-6H3,(H,25,30)(H,26,31);2*1H4/b14-11+;12-11+;;/t19?,26-,27+,28-,29+,30+;14?,18-,19+,20-,21+,22+;;/m00../s1. The third-order valence-corrected chi connectivity index (χ3v) is 12.8. The summed E-state index contributed by atoms with van der Waals surface area (Å²) < 4.78 is 57.6. The van der Waals surface area contributed by atoms with Crippen molar-refractivity contribution in [3.05, 3.63) is 59.4 Å². The van der Waals surface area contributed by atoms with E-state index in [9.17, 15) is 52.3 Å². The van der Waals surface area contributed by atoms with Gasteiger partial charge in [-0.15, -0.1) is 0 Å². The van der Waals surface area contributed by atoms with Crippen LogP contribution in [0.2, 0.25) is 0 Å². The Morgan fingerprint density at radius 1 is 0.646 bits per heavy atom. The molecule has 24 heteroatoms. The fourth-order valence-electron chi connectivity index (χ4n) is 8.43. The van der Waals surface area contributed by atoms with Gasteiger partial charge in [-0.05, 0) is 80.2 Å². The largest absolute Gasteiger partial charge is 0.455 e. The molecule has 2 unspecified atom stereocenters. The summed E-state index contributed by atoms with van der Waals surface area (Å²) in [4.78, 5) is 127. The highest BCUT2D eigenvalue weighted by molar-refractivity contribution is 5.91. The van der Waals surface area contributed by atoms with Gasteiger partial charge in [0.15, 0.2) is 48.8 Å². The van der Waals surface area contributed by atoms with Crippen LogP contribution < -0.4 is 16.0 Å². The number of nitrogens with one attached hydrogen (secondary N) is 3. The fourth-order valence-corrected chi connectivity index (χ4v) is 8.43. The number of carbonyl (C=O) groups excluding carboxylic acids is 10. The van der Waals surface area contributed by atoms with Gasteiger partial charge in [0.05, 0.1) is 5.56 Å². The van der Waals surface area contributed by atoms with Crippen molar-refractivity contribution in [2.75, 3.05) is 27.3 Å². The molecule has 2 aliphatic heterocycles. The Kier molecular flexibility index (Phi) is 35.0. The van der Waals surface area contributed by atoms with E-state index in [1.807, 2.05) is 27.7 Å². The lowest BCUT2D eigenvalue weighted by Gasteiger charge is -2.34. The van der Waals surface area contributed by atoms with Crippen molar-refractivity contribution < 1.29 is 90.2 Å². The minimum atomic E-state index is -1.59. The molecule has 2 heterocycles. The molecular formula is C58H88FN5O18. The van der Waals surface area contributed by atoms with Gasteiger partial charge in [-0.2, -0.15) is 5.26 Å². The third-order valence-electron chi connectivity index (χ3n) is 12.8. The summed E-state index contributed by atoms with van der Waals surface area (Å²) in [7, 11) is 2.40. The Morgan fingerprint density at radius 3 is 1.46 bits per heavy atom. The molecule has 1 aromatic carbocycles. The molecule has 0 saturated carbocycles. The number of carbonyl (C=O) groups is 10. The Labute approximate surface area is 482 Å². The summed E-state index contributed by atoms with van der Waals surface area (Å²) >= 11 is 0. The van der Waals surface area contributed by atoms with E-state index in [2.05, 4.69) is 16.0 Å². The van der Waals surface area contributed by atoms with Crippen LogP contribution >= 0.6 is 0 Å². The molecule has 1 aromatic rings. The number of likely N-dealkylation sites (tertiary alicyclic amines) is 1. The number of rotatable bonds is 26. The van der Waals surface area contributed by atoms with E-state index >= 15 is 0 Å². The molecule has 82 heavy (non-hydrogen) atoms. The van der Waals surface area contributed by atoms with E-state index in [0.717, 1.165) is 60.3 Å². The van der Waals surface area contributed by atoms with Gasteiger partial charge in [0.1, 0.15) is 24.0 Å². The molecule has 0 spiro atoms. The summed E-state index contributed by atoms with van der Waals surface area (Å²) in [5.74, 6) is -7.40. The molecule has 12 atom stereocenters. The van der Waals surface area contributed by atoms with Gasteiger partial charge in [-0.3, -0.25) is 47.9 Å². The van der Waals surface area contributed by atoms with E-state index in [1.165, 1.54) is 50.3 Å². The van der Waals surface area contributed by atoms with Crippen molar-refractivity contribution in [1.29, 1.82) is 5.26 Å². The molecule has 0 aromatic heterocycles. The molecule has 460 valence electrons. The number of halogens is 1. The maximum Gasteiger partial charge on any atom is 0.303 e. The average molecular weight is 1160 g/mol. The number of allylic oxidation sites excluding steroid dienone is 2. The van der Waals surface area contributed by atoms with Crippen molar-refractivity contribution >= 4 is 59.4 Å². The molecule has 0 bridgehead atoms. The van der Waals surface area contributed by atoms with Crippen LogP contribution in [0.4, 0.5) is 4.39 Å². The monoisotopic (exact) mass is 1160 g/mol. The Morgan fingerprint density at radius 2 is 1.06 bits per heavy atom. The van der Waals surface area contributed by atoms with E-state index in [4.69, 9.17) is 43.2 Å². The van der Waals surface area contributed by atoms with Crippen LogP contribution in [0.15, 0.2) is 42.5 Å². The predicted molar refractivity (Wildman–Crippen MR) is 297 cm³/mol. The van der Waals surface area contributed by atoms with Gasteiger partial charge in [0.25, 0.3) is 11.8 Å². The summed E-state index contributed by atoms with van der Waals surface area (Å²) in [6, 6.07) is 4.04. The zero-order valence-electron chi connectivity index (χ0n) is 47.9. The Hall–Kier alpha value is -7.26. The molecule has 3 rings (SSSR count). The van der Waals surface area contributed by atoms with Crippen molar-refractivity contribution in [1.82, 2.24) is 20.9 Å². The van der Waals surface area contributed by atoms with Gasteiger partial charge < -0.3 is 58.7 Å². The lowest BCUT2D eigenvalue weighted by atomic mass is 9.98. The van der Waals surface area contributed by atoms with Crippen molar-refractivity contribution in [2.24, 2.45) is 11.8 Å². The minimum absolute atomic E-state index is 0. The first-order valence-electron chi connectivity index (χ1n) is 26.6. The Bertz CT molecular complexity index is 2390. The number of hydrogen-bond acceptors (Lipinski definition) is 19. The minimum Gasteiger partial charge on any atom is -0.455 e. The number of ether oxygens (including phenoxy) is 8. The maximum atomic E-state index is 14.2. The molecular weight excluding hydrogens is 1070 g/mol. The second-order valence-corrected chi connectivity index (χ2v) is 19.4. The number of amides is 4. The molecule has 3 N–H and O–H groups in total. The van der Waals surface area contributed by atoms with Gasteiger partial charge in [-0.25, -0.2) is 4.39 Å². The molecule has 0 aliphatic carbocycles. The first-order chi connectivity index (χ1) is 37.8.